The highest BCUT2D eigenvalue weighted by molar-refractivity contribution is 5.89. The first-order chi connectivity index (χ1) is 17.9. The molecule has 0 bridgehead atoms. The molecule has 13 heteroatoms. The lowest BCUT2D eigenvalue weighted by Crippen LogP contribution is -2.48. The van der Waals surface area contributed by atoms with Crippen molar-refractivity contribution in [3.63, 3.8) is 0 Å². The number of rotatable bonds is 9. The number of nitrogens with zero attached hydrogens (tertiary/aromatic N) is 7. The topological polar surface area (TPSA) is 97.4 Å². The number of imidazole rings is 1. The third-order valence-electron chi connectivity index (χ3n) is 6.68. The van der Waals surface area contributed by atoms with Crippen LogP contribution in [0.25, 0.3) is 27.9 Å². The Morgan fingerprint density at radius 1 is 1.19 bits per heavy atom. The highest BCUT2D eigenvalue weighted by Gasteiger charge is 2.30. The summed E-state index contributed by atoms with van der Waals surface area (Å²) in [5.74, 6) is 1.32. The number of pyridine rings is 1. The van der Waals surface area contributed by atoms with Crippen LogP contribution in [-0.4, -0.2) is 93.1 Å². The molecule has 1 saturated heterocycles. The van der Waals surface area contributed by atoms with Gasteiger partial charge in [-0.2, -0.15) is 4.98 Å². The first kappa shape index (κ1) is 25.2. The number of likely N-dealkylation sites (tertiary alicyclic amines) is 1. The Bertz CT molecular complexity index is 1390. The minimum atomic E-state index is -2.52. The molecular weight excluding hydrogens is 487 g/mol. The van der Waals surface area contributed by atoms with Gasteiger partial charge >= 0.3 is 0 Å². The maximum Gasteiger partial charge on any atom is 0.256 e. The lowest BCUT2D eigenvalue weighted by molar-refractivity contribution is 0.0918. The number of ether oxygens (including phenoxy) is 1. The third kappa shape index (κ3) is 5.05. The van der Waals surface area contributed by atoms with Gasteiger partial charge in [0.2, 0.25) is 5.95 Å². The van der Waals surface area contributed by atoms with Gasteiger partial charge in [-0.15, -0.1) is 5.10 Å². The fraction of sp³-hybridized carbons (Fsp3) is 0.500. The van der Waals surface area contributed by atoms with Crippen molar-refractivity contribution in [2.75, 3.05) is 51.0 Å². The summed E-state index contributed by atoms with van der Waals surface area (Å²) in [6.07, 6.45) is -1.20. The Hall–Kier alpha value is -3.45. The Labute approximate surface area is 211 Å². The first-order valence-electron chi connectivity index (χ1n) is 12.2. The van der Waals surface area contributed by atoms with E-state index in [1.165, 1.54) is 4.57 Å². The number of piperidine rings is 1. The number of halogens is 3. The molecule has 5 rings (SSSR count). The van der Waals surface area contributed by atoms with Gasteiger partial charge in [-0.25, -0.2) is 27.7 Å². The van der Waals surface area contributed by atoms with Crippen LogP contribution < -0.4 is 10.6 Å². The van der Waals surface area contributed by atoms with Crippen molar-refractivity contribution in [3.8, 4) is 11.3 Å². The van der Waals surface area contributed by atoms with E-state index in [-0.39, 0.29) is 0 Å². The van der Waals surface area contributed by atoms with Gasteiger partial charge in [0.15, 0.2) is 11.5 Å². The molecule has 0 saturated carbocycles. The largest absolute Gasteiger partial charge is 0.383 e. The quantitative estimate of drug-likeness (QED) is 0.349. The Kier molecular flexibility index (Phi) is 7.15. The molecule has 0 unspecified atom stereocenters. The van der Waals surface area contributed by atoms with Crippen LogP contribution in [0.2, 0.25) is 0 Å². The van der Waals surface area contributed by atoms with Crippen molar-refractivity contribution in [2.45, 2.75) is 38.5 Å². The molecule has 2 N–H and O–H groups in total. The highest BCUT2D eigenvalue weighted by atomic mass is 19.3. The SMILES string of the molecule is CNc1nc(N[C@H]2CCN(CCOC)C[C@H]2F)nn2ccc(-c3ccc4nc(C)n(CC(F)F)c4n3)c12. The molecule has 1 aliphatic heterocycles. The fourth-order valence-electron chi connectivity index (χ4n) is 4.81. The van der Waals surface area contributed by atoms with E-state index in [9.17, 15) is 13.2 Å². The average molecular weight is 518 g/mol. The van der Waals surface area contributed by atoms with Crippen LogP contribution in [-0.2, 0) is 11.3 Å². The second-order valence-corrected chi connectivity index (χ2v) is 9.11. The normalized spacial score (nSPS) is 18.8. The second-order valence-electron chi connectivity index (χ2n) is 9.11. The maximum atomic E-state index is 14.9. The molecule has 0 radical (unpaired) electrons. The van der Waals surface area contributed by atoms with Gasteiger partial charge in [0.05, 0.1) is 24.9 Å². The Balaban J connectivity index is 1.44. The van der Waals surface area contributed by atoms with E-state index in [0.29, 0.717) is 66.1 Å². The number of aryl methyl sites for hydroxylation is 1. The summed E-state index contributed by atoms with van der Waals surface area (Å²) < 4.78 is 49.4. The molecular formula is C24H30F3N9O. The molecule has 2 atom stereocenters. The van der Waals surface area contributed by atoms with Crippen LogP contribution >= 0.6 is 0 Å². The molecule has 5 heterocycles. The predicted molar refractivity (Wildman–Crippen MR) is 135 cm³/mol. The Morgan fingerprint density at radius 3 is 2.76 bits per heavy atom. The first-order valence-corrected chi connectivity index (χ1v) is 12.2. The number of hydrogen-bond donors (Lipinski definition) is 2. The maximum absolute atomic E-state index is 14.9. The lowest BCUT2D eigenvalue weighted by atomic mass is 10.0. The summed E-state index contributed by atoms with van der Waals surface area (Å²) in [7, 11) is 3.38. The van der Waals surface area contributed by atoms with Gasteiger partial charge in [-0.3, -0.25) is 4.90 Å². The molecule has 4 aromatic heterocycles. The summed E-state index contributed by atoms with van der Waals surface area (Å²) in [5, 5.41) is 10.8. The number of hydrogen-bond acceptors (Lipinski definition) is 8. The molecule has 0 aromatic carbocycles. The molecule has 0 aliphatic carbocycles. The number of anilines is 2. The van der Waals surface area contributed by atoms with E-state index < -0.39 is 25.2 Å². The van der Waals surface area contributed by atoms with Crippen LogP contribution in [0.15, 0.2) is 24.4 Å². The van der Waals surface area contributed by atoms with E-state index in [2.05, 4.69) is 30.7 Å². The molecule has 0 amide bonds. The number of aromatic nitrogens is 6. The fourth-order valence-corrected chi connectivity index (χ4v) is 4.81. The second kappa shape index (κ2) is 10.5. The van der Waals surface area contributed by atoms with Crippen molar-refractivity contribution in [3.05, 3.63) is 30.2 Å². The summed E-state index contributed by atoms with van der Waals surface area (Å²) in [4.78, 5) is 15.7. The third-order valence-corrected chi connectivity index (χ3v) is 6.68. The summed E-state index contributed by atoms with van der Waals surface area (Å²) >= 11 is 0. The van der Waals surface area contributed by atoms with E-state index in [0.717, 1.165) is 12.1 Å². The molecule has 1 fully saturated rings. The number of nitrogens with one attached hydrogen (secondary N) is 2. The molecule has 37 heavy (non-hydrogen) atoms. The molecule has 4 aromatic rings. The van der Waals surface area contributed by atoms with Crippen LogP contribution in [0.1, 0.15) is 12.2 Å². The summed E-state index contributed by atoms with van der Waals surface area (Å²) in [6, 6.07) is 5.01. The van der Waals surface area contributed by atoms with Crippen LogP contribution in [0, 0.1) is 6.92 Å². The zero-order valence-electron chi connectivity index (χ0n) is 21.0. The standard InChI is InChI=1S/C24H30F3N9O/c1-14-29-19-5-4-17(30-23(19)35(14)13-20(26)27)15-6-9-36-21(15)22(28-2)32-24(33-36)31-18-7-8-34(10-11-37-3)12-16(18)25/h4-6,9,16,18,20H,7-8,10-13H2,1-3H3,(H2,28,31,32,33)/t16-,18+/m1/s1. The highest BCUT2D eigenvalue weighted by Crippen LogP contribution is 2.31. The van der Waals surface area contributed by atoms with Crippen LogP contribution in [0.4, 0.5) is 24.9 Å². The lowest BCUT2D eigenvalue weighted by Gasteiger charge is -2.34. The molecule has 0 spiro atoms. The summed E-state index contributed by atoms with van der Waals surface area (Å²) in [5.41, 5.74) is 2.93. The van der Waals surface area contributed by atoms with Crippen LogP contribution in [0.5, 0.6) is 0 Å². The van der Waals surface area contributed by atoms with Gasteiger partial charge in [0, 0.05) is 45.6 Å². The van der Waals surface area contributed by atoms with Crippen molar-refractivity contribution < 1.29 is 17.9 Å². The van der Waals surface area contributed by atoms with Crippen LogP contribution in [0.3, 0.4) is 0 Å². The summed E-state index contributed by atoms with van der Waals surface area (Å²) in [6.45, 7) is 3.56. The van der Waals surface area contributed by atoms with Crippen molar-refractivity contribution in [1.29, 1.82) is 0 Å². The number of alkyl halides is 3. The average Bonchev–Trinajstić information content (AvgIpc) is 3.44. The van der Waals surface area contributed by atoms with Crippen molar-refractivity contribution in [1.82, 2.24) is 34.0 Å². The minimum Gasteiger partial charge on any atom is -0.383 e. The molecule has 198 valence electrons. The monoisotopic (exact) mass is 517 g/mol. The van der Waals surface area contributed by atoms with Crippen molar-refractivity contribution in [2.24, 2.45) is 0 Å². The predicted octanol–water partition coefficient (Wildman–Crippen LogP) is 3.23. The zero-order valence-corrected chi connectivity index (χ0v) is 21.0. The van der Waals surface area contributed by atoms with Gasteiger partial charge in [0.1, 0.15) is 23.0 Å². The van der Waals surface area contributed by atoms with Gasteiger partial charge in [0.25, 0.3) is 6.43 Å². The van der Waals surface area contributed by atoms with Gasteiger partial charge < -0.3 is 19.9 Å². The zero-order chi connectivity index (χ0) is 26.1. The molecule has 1 aliphatic rings. The van der Waals surface area contributed by atoms with Gasteiger partial charge in [-0.05, 0) is 31.5 Å². The van der Waals surface area contributed by atoms with Crippen molar-refractivity contribution >= 4 is 28.4 Å². The number of fused-ring (bicyclic) bond motifs is 2. The molecule has 10 nitrogen and oxygen atoms in total. The smallest absolute Gasteiger partial charge is 0.256 e. The van der Waals surface area contributed by atoms with E-state index >= 15 is 0 Å². The Morgan fingerprint density at radius 2 is 2.03 bits per heavy atom. The number of methoxy groups -OCH3 is 1. The van der Waals surface area contributed by atoms with Gasteiger partial charge in [-0.1, -0.05) is 0 Å². The van der Waals surface area contributed by atoms with E-state index in [1.807, 2.05) is 11.0 Å². The van der Waals surface area contributed by atoms with E-state index in [4.69, 9.17) is 4.74 Å². The minimum absolute atomic E-state index is 0.311. The van der Waals surface area contributed by atoms with E-state index in [1.54, 1.807) is 43.9 Å².